The molecule has 0 aromatic heterocycles. The zero-order valence-corrected chi connectivity index (χ0v) is 15.4. The number of sulfonamides is 1. The number of hydrogen-bond acceptors (Lipinski definition) is 5. The monoisotopic (exact) mass is 394 g/mol. The van der Waals surface area contributed by atoms with Crippen LogP contribution in [-0.4, -0.2) is 40.0 Å². The maximum Gasteiger partial charge on any atom is 0.307 e. The number of hydrogen-bond donors (Lipinski definition) is 2. The van der Waals surface area contributed by atoms with Gasteiger partial charge in [0.1, 0.15) is 5.82 Å². The van der Waals surface area contributed by atoms with E-state index in [2.05, 4.69) is 10.0 Å². The largest absolute Gasteiger partial charge is 0.456 e. The van der Waals surface area contributed by atoms with Crippen LogP contribution >= 0.6 is 11.6 Å². The number of ether oxygens (including phenoxy) is 1. The molecule has 0 aliphatic rings. The van der Waals surface area contributed by atoms with Crippen molar-refractivity contribution in [2.45, 2.75) is 25.2 Å². The van der Waals surface area contributed by atoms with Crippen LogP contribution in [0.2, 0.25) is 5.02 Å². The third kappa shape index (κ3) is 7.80. The maximum absolute atomic E-state index is 13.1. The molecule has 0 atom stereocenters. The fourth-order valence-electron chi connectivity index (χ4n) is 1.60. The minimum Gasteiger partial charge on any atom is -0.456 e. The highest BCUT2D eigenvalue weighted by Crippen LogP contribution is 2.19. The summed E-state index contributed by atoms with van der Waals surface area (Å²) in [5, 5.41) is 2.25. The lowest BCUT2D eigenvalue weighted by atomic mass is 10.2. The van der Waals surface area contributed by atoms with E-state index in [4.69, 9.17) is 16.3 Å². The van der Waals surface area contributed by atoms with Crippen molar-refractivity contribution in [3.63, 3.8) is 0 Å². The van der Waals surface area contributed by atoms with E-state index >= 15 is 0 Å². The van der Waals surface area contributed by atoms with Crippen molar-refractivity contribution < 1.29 is 27.1 Å². The van der Waals surface area contributed by atoms with E-state index in [9.17, 15) is 22.4 Å². The van der Waals surface area contributed by atoms with E-state index in [-0.39, 0.29) is 28.8 Å². The van der Waals surface area contributed by atoms with Gasteiger partial charge in [-0.05, 0) is 24.1 Å². The minimum absolute atomic E-state index is 0.222. The van der Waals surface area contributed by atoms with Crippen LogP contribution in [0.25, 0.3) is 0 Å². The van der Waals surface area contributed by atoms with Gasteiger partial charge < -0.3 is 10.1 Å². The van der Waals surface area contributed by atoms with E-state index in [1.807, 2.05) is 13.8 Å². The molecule has 0 fully saturated rings. The quantitative estimate of drug-likeness (QED) is 0.617. The summed E-state index contributed by atoms with van der Waals surface area (Å²) in [7, 11) is -3.93. The van der Waals surface area contributed by atoms with Gasteiger partial charge in [-0.2, -0.15) is 0 Å². The van der Waals surface area contributed by atoms with Gasteiger partial charge in [-0.25, -0.2) is 17.5 Å². The molecule has 0 spiro atoms. The number of nitrogens with one attached hydrogen (secondary N) is 2. The highest BCUT2D eigenvalue weighted by molar-refractivity contribution is 7.89. The van der Waals surface area contributed by atoms with Gasteiger partial charge >= 0.3 is 5.97 Å². The number of rotatable bonds is 9. The average Bonchev–Trinajstić information content (AvgIpc) is 2.53. The fraction of sp³-hybridized carbons (Fsp3) is 0.467. The second-order valence-corrected chi connectivity index (χ2v) is 7.76. The molecule has 1 aromatic carbocycles. The van der Waals surface area contributed by atoms with Gasteiger partial charge in [0, 0.05) is 13.1 Å². The molecule has 7 nitrogen and oxygen atoms in total. The number of amides is 1. The number of halogens is 2. The van der Waals surface area contributed by atoms with Gasteiger partial charge in [0.15, 0.2) is 6.61 Å². The summed E-state index contributed by atoms with van der Waals surface area (Å²) in [4.78, 5) is 22.7. The Morgan fingerprint density at radius 1 is 1.32 bits per heavy atom. The van der Waals surface area contributed by atoms with Gasteiger partial charge in [0.05, 0.1) is 16.3 Å². The summed E-state index contributed by atoms with van der Waals surface area (Å²) in [5.41, 5.74) is 0. The van der Waals surface area contributed by atoms with Crippen molar-refractivity contribution in [1.29, 1.82) is 0 Å². The molecule has 140 valence electrons. The van der Waals surface area contributed by atoms with Crippen LogP contribution in [0.3, 0.4) is 0 Å². The normalized spacial score (nSPS) is 11.4. The van der Waals surface area contributed by atoms with Crippen LogP contribution in [0.4, 0.5) is 4.39 Å². The van der Waals surface area contributed by atoms with Crippen molar-refractivity contribution in [1.82, 2.24) is 10.0 Å². The molecule has 0 radical (unpaired) electrons. The molecule has 1 rings (SSSR count). The standard InChI is InChI=1S/C15H20ClFN2O5S/c1-10(2)8-18-14(20)9-24-15(21)5-6-19-25(22,23)11-3-4-13(17)12(16)7-11/h3-4,7,10,19H,5-6,8-9H2,1-2H3,(H,18,20). The molecule has 0 unspecified atom stereocenters. The van der Waals surface area contributed by atoms with Crippen molar-refractivity contribution in [3.05, 3.63) is 29.0 Å². The summed E-state index contributed by atoms with van der Waals surface area (Å²) >= 11 is 5.54. The van der Waals surface area contributed by atoms with E-state index in [1.54, 1.807) is 0 Å². The summed E-state index contributed by atoms with van der Waals surface area (Å²) in [5.74, 6) is -1.61. The third-order valence-electron chi connectivity index (χ3n) is 2.89. The van der Waals surface area contributed by atoms with Gasteiger partial charge in [-0.15, -0.1) is 0 Å². The highest BCUT2D eigenvalue weighted by atomic mass is 35.5. The average molecular weight is 395 g/mol. The molecule has 1 amide bonds. The Kier molecular flexibility index (Phi) is 8.27. The first-order chi connectivity index (χ1) is 11.6. The molecule has 1 aromatic rings. The Morgan fingerprint density at radius 3 is 2.60 bits per heavy atom. The molecule has 0 saturated carbocycles. The number of benzene rings is 1. The molecule has 0 aliphatic heterocycles. The Labute approximate surface area is 150 Å². The Balaban J connectivity index is 2.39. The van der Waals surface area contributed by atoms with E-state index in [0.717, 1.165) is 18.2 Å². The molecule has 0 bridgehead atoms. The summed E-state index contributed by atoms with van der Waals surface area (Å²) in [6.45, 7) is 3.66. The van der Waals surface area contributed by atoms with E-state index in [0.29, 0.717) is 6.54 Å². The number of carbonyl (C=O) groups excluding carboxylic acids is 2. The van der Waals surface area contributed by atoms with Gasteiger partial charge in [0.2, 0.25) is 10.0 Å². The lowest BCUT2D eigenvalue weighted by molar-refractivity contribution is -0.148. The van der Waals surface area contributed by atoms with Gasteiger partial charge in [0.25, 0.3) is 5.91 Å². The highest BCUT2D eigenvalue weighted by Gasteiger charge is 2.16. The van der Waals surface area contributed by atoms with Crippen LogP contribution < -0.4 is 10.0 Å². The molecule has 0 aliphatic carbocycles. The van der Waals surface area contributed by atoms with Crippen LogP contribution in [0.1, 0.15) is 20.3 Å². The second kappa shape index (κ2) is 9.69. The van der Waals surface area contributed by atoms with Crippen molar-refractivity contribution in [3.8, 4) is 0 Å². The second-order valence-electron chi connectivity index (χ2n) is 5.58. The summed E-state index contributed by atoms with van der Waals surface area (Å²) in [6.07, 6.45) is -0.258. The molecule has 25 heavy (non-hydrogen) atoms. The fourth-order valence-corrected chi connectivity index (χ4v) is 2.90. The summed E-state index contributed by atoms with van der Waals surface area (Å²) in [6, 6.07) is 2.96. The SMILES string of the molecule is CC(C)CNC(=O)COC(=O)CCNS(=O)(=O)c1ccc(F)c(Cl)c1. The maximum atomic E-state index is 13.1. The molecular formula is C15H20ClFN2O5S. The van der Waals surface area contributed by atoms with Gasteiger partial charge in [-0.1, -0.05) is 25.4 Å². The summed E-state index contributed by atoms with van der Waals surface area (Å²) < 4.78 is 43.9. The van der Waals surface area contributed by atoms with Crippen molar-refractivity contribution in [2.75, 3.05) is 19.7 Å². The first-order valence-electron chi connectivity index (χ1n) is 7.49. The Bertz CT molecular complexity index is 725. The topological polar surface area (TPSA) is 102 Å². The van der Waals surface area contributed by atoms with Crippen LogP contribution in [0, 0.1) is 11.7 Å². The van der Waals surface area contributed by atoms with E-state index < -0.39 is 34.3 Å². The zero-order valence-electron chi connectivity index (χ0n) is 13.8. The minimum atomic E-state index is -3.93. The number of esters is 1. The van der Waals surface area contributed by atoms with Crippen LogP contribution in [-0.2, 0) is 24.3 Å². The Hall–Kier alpha value is -1.71. The zero-order chi connectivity index (χ0) is 19.0. The molecule has 10 heteroatoms. The predicted octanol–water partition coefficient (Wildman–Crippen LogP) is 1.46. The Morgan fingerprint density at radius 2 is 2.00 bits per heavy atom. The first-order valence-corrected chi connectivity index (χ1v) is 9.35. The lowest BCUT2D eigenvalue weighted by Gasteiger charge is -2.09. The molecule has 2 N–H and O–H groups in total. The smallest absolute Gasteiger partial charge is 0.307 e. The third-order valence-corrected chi connectivity index (χ3v) is 4.64. The molecule has 0 saturated heterocycles. The lowest BCUT2D eigenvalue weighted by Crippen LogP contribution is -2.32. The van der Waals surface area contributed by atoms with E-state index in [1.165, 1.54) is 0 Å². The van der Waals surface area contributed by atoms with Crippen molar-refractivity contribution in [2.24, 2.45) is 5.92 Å². The van der Waals surface area contributed by atoms with Crippen molar-refractivity contribution >= 4 is 33.5 Å². The van der Waals surface area contributed by atoms with Gasteiger partial charge in [-0.3, -0.25) is 9.59 Å². The van der Waals surface area contributed by atoms with Crippen LogP contribution in [0.15, 0.2) is 23.1 Å². The van der Waals surface area contributed by atoms with Crippen LogP contribution in [0.5, 0.6) is 0 Å². The molecular weight excluding hydrogens is 375 g/mol. The predicted molar refractivity (Wildman–Crippen MR) is 90.0 cm³/mol. The molecule has 0 heterocycles. The first kappa shape index (κ1) is 21.3. The number of carbonyl (C=O) groups is 2.